The monoisotopic (exact) mass is 252 g/mol. The van der Waals surface area contributed by atoms with Gasteiger partial charge in [0, 0.05) is 18.7 Å². The predicted molar refractivity (Wildman–Crippen MR) is 71.0 cm³/mol. The van der Waals surface area contributed by atoms with Gasteiger partial charge < -0.3 is 10.6 Å². The number of carbonyl (C=O) groups excluding carboxylic acids is 1. The van der Waals surface area contributed by atoms with Gasteiger partial charge in [-0.05, 0) is 44.0 Å². The summed E-state index contributed by atoms with van der Waals surface area (Å²) in [5, 5.41) is 0. The summed E-state index contributed by atoms with van der Waals surface area (Å²) >= 11 is 0. The van der Waals surface area contributed by atoms with Gasteiger partial charge in [0.25, 0.3) is 5.91 Å². The Hall–Kier alpha value is -1.42. The van der Waals surface area contributed by atoms with E-state index in [2.05, 4.69) is 0 Å². The van der Waals surface area contributed by atoms with Crippen molar-refractivity contribution in [3.05, 3.63) is 35.1 Å². The van der Waals surface area contributed by atoms with Crippen molar-refractivity contribution in [2.24, 2.45) is 5.73 Å². The van der Waals surface area contributed by atoms with Gasteiger partial charge in [-0.2, -0.15) is 0 Å². The zero-order chi connectivity index (χ0) is 13.5. The van der Waals surface area contributed by atoms with Crippen molar-refractivity contribution in [2.75, 3.05) is 19.6 Å². The van der Waals surface area contributed by atoms with Crippen molar-refractivity contribution in [3.8, 4) is 0 Å². The third kappa shape index (κ3) is 3.81. The Labute approximate surface area is 108 Å². The number of nitrogens with zero attached hydrogens (tertiary/aromatic N) is 1. The van der Waals surface area contributed by atoms with E-state index in [4.69, 9.17) is 5.73 Å². The molecule has 0 aliphatic heterocycles. The quantitative estimate of drug-likeness (QED) is 0.844. The molecule has 1 rings (SSSR count). The fraction of sp³-hybridized carbons (Fsp3) is 0.500. The second-order valence-corrected chi connectivity index (χ2v) is 4.39. The Morgan fingerprint density at radius 1 is 1.39 bits per heavy atom. The molecule has 0 aliphatic carbocycles. The first-order chi connectivity index (χ1) is 8.60. The molecule has 4 heteroatoms. The third-order valence-corrected chi connectivity index (χ3v) is 2.84. The highest BCUT2D eigenvalue weighted by atomic mass is 19.1. The molecular formula is C14H21FN2O. The molecule has 0 radical (unpaired) electrons. The van der Waals surface area contributed by atoms with E-state index in [1.807, 2.05) is 13.8 Å². The fourth-order valence-corrected chi connectivity index (χ4v) is 1.86. The predicted octanol–water partition coefficient (Wildman–Crippen LogP) is 2.34. The van der Waals surface area contributed by atoms with E-state index in [1.165, 1.54) is 12.1 Å². The Morgan fingerprint density at radius 3 is 2.72 bits per heavy atom. The van der Waals surface area contributed by atoms with E-state index in [0.29, 0.717) is 25.2 Å². The van der Waals surface area contributed by atoms with Crippen LogP contribution in [0.3, 0.4) is 0 Å². The Morgan fingerprint density at radius 2 is 2.11 bits per heavy atom. The lowest BCUT2D eigenvalue weighted by Crippen LogP contribution is -2.34. The molecule has 100 valence electrons. The average molecular weight is 252 g/mol. The number of benzene rings is 1. The number of rotatable bonds is 6. The summed E-state index contributed by atoms with van der Waals surface area (Å²) in [7, 11) is 0. The van der Waals surface area contributed by atoms with Gasteiger partial charge in [0.2, 0.25) is 0 Å². The van der Waals surface area contributed by atoms with Crippen molar-refractivity contribution in [3.63, 3.8) is 0 Å². The largest absolute Gasteiger partial charge is 0.339 e. The summed E-state index contributed by atoms with van der Waals surface area (Å²) in [5.74, 6) is -0.485. The summed E-state index contributed by atoms with van der Waals surface area (Å²) in [5.41, 5.74) is 6.71. The minimum Gasteiger partial charge on any atom is -0.339 e. The summed E-state index contributed by atoms with van der Waals surface area (Å²) in [4.78, 5) is 14.1. The van der Waals surface area contributed by atoms with Crippen molar-refractivity contribution in [1.82, 2.24) is 4.90 Å². The summed E-state index contributed by atoms with van der Waals surface area (Å²) in [6, 6.07) is 4.31. The molecule has 0 bridgehead atoms. The second-order valence-electron chi connectivity index (χ2n) is 4.39. The van der Waals surface area contributed by atoms with Gasteiger partial charge >= 0.3 is 0 Å². The van der Waals surface area contributed by atoms with E-state index >= 15 is 0 Å². The highest BCUT2D eigenvalue weighted by Crippen LogP contribution is 2.13. The maximum absolute atomic E-state index is 13.2. The molecule has 0 spiro atoms. The molecule has 1 amide bonds. The average Bonchev–Trinajstić information content (AvgIpc) is 2.36. The van der Waals surface area contributed by atoms with Crippen LogP contribution in [0.5, 0.6) is 0 Å². The molecular weight excluding hydrogens is 231 g/mol. The standard InChI is InChI=1S/C14H21FN2O/c1-3-8-17(9-4-7-16)14(18)13-10-12(15)6-5-11(13)2/h5-6,10H,3-4,7-9,16H2,1-2H3. The molecule has 0 unspecified atom stereocenters. The van der Waals surface area contributed by atoms with E-state index < -0.39 is 0 Å². The number of hydrogen-bond acceptors (Lipinski definition) is 2. The Bertz CT molecular complexity index is 407. The first kappa shape index (κ1) is 14.6. The molecule has 0 aliphatic rings. The lowest BCUT2D eigenvalue weighted by atomic mass is 10.1. The number of carbonyl (C=O) groups is 1. The van der Waals surface area contributed by atoms with Crippen molar-refractivity contribution in [1.29, 1.82) is 0 Å². The lowest BCUT2D eigenvalue weighted by Gasteiger charge is -2.22. The molecule has 1 aromatic rings. The third-order valence-electron chi connectivity index (χ3n) is 2.84. The van der Waals surface area contributed by atoms with Gasteiger partial charge in [-0.15, -0.1) is 0 Å². The van der Waals surface area contributed by atoms with Crippen molar-refractivity contribution in [2.45, 2.75) is 26.7 Å². The maximum Gasteiger partial charge on any atom is 0.254 e. The van der Waals surface area contributed by atoms with Gasteiger partial charge in [0.1, 0.15) is 5.82 Å². The highest BCUT2D eigenvalue weighted by molar-refractivity contribution is 5.95. The minimum absolute atomic E-state index is 0.109. The maximum atomic E-state index is 13.2. The minimum atomic E-state index is -0.376. The number of hydrogen-bond donors (Lipinski definition) is 1. The van der Waals surface area contributed by atoms with E-state index in [0.717, 1.165) is 18.4 Å². The van der Waals surface area contributed by atoms with Gasteiger partial charge in [-0.3, -0.25) is 4.79 Å². The second kappa shape index (κ2) is 7.11. The highest BCUT2D eigenvalue weighted by Gasteiger charge is 2.17. The van der Waals surface area contributed by atoms with Gasteiger partial charge in [-0.1, -0.05) is 13.0 Å². The molecule has 0 aromatic heterocycles. The van der Waals surface area contributed by atoms with E-state index in [9.17, 15) is 9.18 Å². The zero-order valence-electron chi connectivity index (χ0n) is 11.1. The van der Waals surface area contributed by atoms with Crippen LogP contribution in [0.2, 0.25) is 0 Å². The van der Waals surface area contributed by atoms with Crippen molar-refractivity contribution >= 4 is 5.91 Å². The van der Waals surface area contributed by atoms with Crippen LogP contribution >= 0.6 is 0 Å². The topological polar surface area (TPSA) is 46.3 Å². The molecule has 3 nitrogen and oxygen atoms in total. The number of nitrogens with two attached hydrogens (primary N) is 1. The summed E-state index contributed by atoms with van der Waals surface area (Å²) in [6.45, 7) is 5.68. The number of amides is 1. The molecule has 0 fully saturated rings. The van der Waals surface area contributed by atoms with Gasteiger partial charge in [0.05, 0.1) is 0 Å². The van der Waals surface area contributed by atoms with Crippen LogP contribution < -0.4 is 5.73 Å². The van der Waals surface area contributed by atoms with Crippen LogP contribution in [-0.2, 0) is 0 Å². The van der Waals surface area contributed by atoms with Gasteiger partial charge in [-0.25, -0.2) is 4.39 Å². The Kier molecular flexibility index (Phi) is 5.78. The molecule has 1 aromatic carbocycles. The number of aryl methyl sites for hydroxylation is 1. The molecule has 2 N–H and O–H groups in total. The molecule has 0 heterocycles. The lowest BCUT2D eigenvalue weighted by molar-refractivity contribution is 0.0753. The van der Waals surface area contributed by atoms with Crippen molar-refractivity contribution < 1.29 is 9.18 Å². The molecule has 0 atom stereocenters. The SMILES string of the molecule is CCCN(CCCN)C(=O)c1cc(F)ccc1C. The Balaban J connectivity index is 2.90. The number of halogens is 1. The van der Waals surface area contributed by atoms with E-state index in [1.54, 1.807) is 11.0 Å². The molecule has 0 saturated carbocycles. The first-order valence-corrected chi connectivity index (χ1v) is 6.35. The summed E-state index contributed by atoms with van der Waals surface area (Å²) in [6.07, 6.45) is 1.64. The first-order valence-electron chi connectivity index (χ1n) is 6.35. The van der Waals surface area contributed by atoms with Crippen LogP contribution in [0.15, 0.2) is 18.2 Å². The molecule has 18 heavy (non-hydrogen) atoms. The van der Waals surface area contributed by atoms with Gasteiger partial charge in [0.15, 0.2) is 0 Å². The van der Waals surface area contributed by atoms with Crippen LogP contribution in [0.25, 0.3) is 0 Å². The van der Waals surface area contributed by atoms with Crippen LogP contribution in [0.4, 0.5) is 4.39 Å². The van der Waals surface area contributed by atoms with Crippen LogP contribution in [0, 0.1) is 12.7 Å². The smallest absolute Gasteiger partial charge is 0.254 e. The molecule has 0 saturated heterocycles. The fourth-order valence-electron chi connectivity index (χ4n) is 1.86. The van der Waals surface area contributed by atoms with Crippen LogP contribution in [0.1, 0.15) is 35.7 Å². The zero-order valence-corrected chi connectivity index (χ0v) is 11.1. The van der Waals surface area contributed by atoms with E-state index in [-0.39, 0.29) is 11.7 Å². The van der Waals surface area contributed by atoms with Crippen LogP contribution in [-0.4, -0.2) is 30.4 Å². The summed E-state index contributed by atoms with van der Waals surface area (Å²) < 4.78 is 13.2. The normalized spacial score (nSPS) is 10.4.